The van der Waals surface area contributed by atoms with E-state index in [1.807, 2.05) is 0 Å². The highest BCUT2D eigenvalue weighted by atomic mass is 35.5. The summed E-state index contributed by atoms with van der Waals surface area (Å²) in [5.74, 6) is -1.91. The summed E-state index contributed by atoms with van der Waals surface area (Å²) in [6, 6.07) is 3.79. The highest BCUT2D eigenvalue weighted by Gasteiger charge is 2.41. The molecular formula is C18H19ClFNO4. The largest absolute Gasteiger partial charge is 0.455 e. The Labute approximate surface area is 149 Å². The van der Waals surface area contributed by atoms with Crippen molar-refractivity contribution in [3.05, 3.63) is 29.0 Å². The van der Waals surface area contributed by atoms with Crippen molar-refractivity contribution in [2.45, 2.75) is 32.1 Å². The minimum absolute atomic E-state index is 0.0561. The van der Waals surface area contributed by atoms with Gasteiger partial charge in [0.15, 0.2) is 6.61 Å². The van der Waals surface area contributed by atoms with Crippen LogP contribution in [0.1, 0.15) is 32.1 Å². The van der Waals surface area contributed by atoms with Crippen LogP contribution < -0.4 is 5.32 Å². The molecule has 2 fully saturated rings. The maximum absolute atomic E-state index is 13.6. The van der Waals surface area contributed by atoms with Crippen LogP contribution in [0.3, 0.4) is 0 Å². The molecule has 1 aromatic rings. The van der Waals surface area contributed by atoms with Gasteiger partial charge in [0.25, 0.3) is 5.91 Å². The molecule has 25 heavy (non-hydrogen) atoms. The van der Waals surface area contributed by atoms with Crippen LogP contribution in [-0.2, 0) is 19.1 Å². The lowest BCUT2D eigenvalue weighted by Gasteiger charge is -2.36. The van der Waals surface area contributed by atoms with E-state index in [4.69, 9.17) is 16.3 Å². The van der Waals surface area contributed by atoms with Gasteiger partial charge >= 0.3 is 5.97 Å². The lowest BCUT2D eigenvalue weighted by Crippen LogP contribution is -2.40. The number of rotatable bonds is 4. The summed E-state index contributed by atoms with van der Waals surface area (Å²) < 4.78 is 18.6. The smallest absolute Gasteiger partial charge is 0.309 e. The second-order valence-electron chi connectivity index (χ2n) is 6.68. The fourth-order valence-corrected chi connectivity index (χ4v) is 3.88. The molecule has 5 nitrogen and oxygen atoms in total. The zero-order valence-corrected chi connectivity index (χ0v) is 14.4. The van der Waals surface area contributed by atoms with Gasteiger partial charge in [-0.25, -0.2) is 4.39 Å². The topological polar surface area (TPSA) is 72.5 Å². The number of halogens is 2. The van der Waals surface area contributed by atoms with Crippen molar-refractivity contribution in [2.24, 2.45) is 17.8 Å². The number of carbonyl (C=O) groups excluding carboxylic acids is 3. The van der Waals surface area contributed by atoms with E-state index in [-0.39, 0.29) is 34.2 Å². The van der Waals surface area contributed by atoms with Gasteiger partial charge < -0.3 is 10.1 Å². The molecule has 1 amide bonds. The predicted octanol–water partition coefficient (Wildman–Crippen LogP) is 3.36. The molecule has 7 heteroatoms. The van der Waals surface area contributed by atoms with Gasteiger partial charge in [0.05, 0.1) is 11.6 Å². The number of fused-ring (bicyclic) bond motifs is 2. The molecular weight excluding hydrogens is 349 g/mol. The van der Waals surface area contributed by atoms with Crippen molar-refractivity contribution in [2.75, 3.05) is 11.9 Å². The van der Waals surface area contributed by atoms with E-state index in [1.54, 1.807) is 0 Å². The molecule has 0 spiro atoms. The Bertz CT molecular complexity index is 692. The minimum Gasteiger partial charge on any atom is -0.455 e. The van der Waals surface area contributed by atoms with Gasteiger partial charge in [-0.2, -0.15) is 0 Å². The van der Waals surface area contributed by atoms with E-state index >= 15 is 0 Å². The van der Waals surface area contributed by atoms with Gasteiger partial charge in [-0.1, -0.05) is 18.0 Å². The van der Waals surface area contributed by atoms with Crippen molar-refractivity contribution in [1.82, 2.24) is 0 Å². The summed E-state index contributed by atoms with van der Waals surface area (Å²) in [6.45, 7) is -0.495. The number of anilines is 1. The Balaban J connectivity index is 1.51. The molecule has 2 aliphatic rings. The van der Waals surface area contributed by atoms with Crippen molar-refractivity contribution < 1.29 is 23.5 Å². The number of ether oxygens (including phenoxy) is 1. The van der Waals surface area contributed by atoms with Crippen LogP contribution in [0.2, 0.25) is 5.02 Å². The first kappa shape index (κ1) is 17.9. The molecule has 2 bridgehead atoms. The average molecular weight is 368 g/mol. The lowest BCUT2D eigenvalue weighted by molar-refractivity contribution is -0.155. The van der Waals surface area contributed by atoms with E-state index in [2.05, 4.69) is 5.32 Å². The molecule has 134 valence electrons. The standard InChI is InChI=1S/C18H19ClFNO4/c19-13-4-5-14(20)15(8-13)21-16(22)9-25-18(24)12-6-10-2-1-3-11(7-12)17(10)23/h4-5,8,10-12H,1-3,6-7,9H2,(H,21,22)/t10-,11+,12?. The Morgan fingerprint density at radius 3 is 2.60 bits per heavy atom. The third-order valence-electron chi connectivity index (χ3n) is 4.93. The van der Waals surface area contributed by atoms with Crippen LogP contribution >= 0.6 is 11.6 Å². The van der Waals surface area contributed by atoms with Crippen LogP contribution in [0.25, 0.3) is 0 Å². The summed E-state index contributed by atoms with van der Waals surface area (Å²) in [4.78, 5) is 36.1. The Morgan fingerprint density at radius 2 is 1.92 bits per heavy atom. The maximum Gasteiger partial charge on any atom is 0.309 e. The van der Waals surface area contributed by atoms with E-state index in [1.165, 1.54) is 12.1 Å². The maximum atomic E-state index is 13.6. The van der Waals surface area contributed by atoms with Gasteiger partial charge in [-0.3, -0.25) is 14.4 Å². The number of hydrogen-bond donors (Lipinski definition) is 1. The normalized spacial score (nSPS) is 25.4. The molecule has 2 saturated carbocycles. The first-order valence-electron chi connectivity index (χ1n) is 8.39. The third kappa shape index (κ3) is 4.18. The van der Waals surface area contributed by atoms with Crippen molar-refractivity contribution >= 4 is 34.9 Å². The van der Waals surface area contributed by atoms with Crippen LogP contribution in [0.4, 0.5) is 10.1 Å². The van der Waals surface area contributed by atoms with Crippen molar-refractivity contribution in [3.8, 4) is 0 Å². The first-order valence-corrected chi connectivity index (χ1v) is 8.77. The van der Waals surface area contributed by atoms with Crippen LogP contribution in [0, 0.1) is 23.6 Å². The quantitative estimate of drug-likeness (QED) is 0.828. The average Bonchev–Trinajstić information content (AvgIpc) is 2.56. The highest BCUT2D eigenvalue weighted by molar-refractivity contribution is 6.30. The number of benzene rings is 1. The fraction of sp³-hybridized carbons (Fsp3) is 0.500. The number of amides is 1. The molecule has 0 radical (unpaired) electrons. The SMILES string of the molecule is O=C(COC(=O)C1C[C@H]2CCC[C@@H](C1)C2=O)Nc1cc(Cl)ccc1F. The number of ketones is 1. The second-order valence-corrected chi connectivity index (χ2v) is 7.11. The molecule has 1 N–H and O–H groups in total. The fourth-order valence-electron chi connectivity index (χ4n) is 3.71. The zero-order chi connectivity index (χ0) is 18.0. The number of nitrogens with one attached hydrogen (secondary N) is 1. The van der Waals surface area contributed by atoms with E-state index in [0.29, 0.717) is 12.8 Å². The lowest BCUT2D eigenvalue weighted by atomic mass is 9.67. The van der Waals surface area contributed by atoms with Crippen LogP contribution in [-0.4, -0.2) is 24.3 Å². The second kappa shape index (κ2) is 7.52. The Hall–Kier alpha value is -1.95. The van der Waals surface area contributed by atoms with Gasteiger partial charge in [0.1, 0.15) is 11.6 Å². The van der Waals surface area contributed by atoms with E-state index < -0.39 is 24.3 Å². The minimum atomic E-state index is -0.637. The van der Waals surface area contributed by atoms with E-state index in [0.717, 1.165) is 25.3 Å². The molecule has 1 aromatic carbocycles. The van der Waals surface area contributed by atoms with Gasteiger partial charge in [0.2, 0.25) is 0 Å². The molecule has 2 aliphatic carbocycles. The monoisotopic (exact) mass is 367 g/mol. The summed E-state index contributed by atoms with van der Waals surface area (Å²) in [5.41, 5.74) is -0.0636. The van der Waals surface area contributed by atoms with Gasteiger partial charge in [-0.15, -0.1) is 0 Å². The molecule has 0 aromatic heterocycles. The van der Waals surface area contributed by atoms with Crippen LogP contribution in [0.5, 0.6) is 0 Å². The number of esters is 1. The molecule has 3 rings (SSSR count). The number of carbonyl (C=O) groups is 3. The zero-order valence-electron chi connectivity index (χ0n) is 13.6. The summed E-state index contributed by atoms with van der Waals surface area (Å²) in [5, 5.41) is 2.61. The van der Waals surface area contributed by atoms with Crippen molar-refractivity contribution in [1.29, 1.82) is 0 Å². The predicted molar refractivity (Wildman–Crippen MR) is 89.6 cm³/mol. The third-order valence-corrected chi connectivity index (χ3v) is 5.16. The molecule has 1 unspecified atom stereocenters. The van der Waals surface area contributed by atoms with Gasteiger partial charge in [-0.05, 0) is 43.9 Å². The Kier molecular flexibility index (Phi) is 5.37. The molecule has 0 saturated heterocycles. The highest BCUT2D eigenvalue weighted by Crippen LogP contribution is 2.40. The summed E-state index contributed by atoms with van der Waals surface area (Å²) in [7, 11) is 0. The molecule has 3 atom stereocenters. The van der Waals surface area contributed by atoms with Crippen LogP contribution in [0.15, 0.2) is 18.2 Å². The number of Topliss-reactive ketones (excluding diaryl/α,β-unsaturated/α-hetero) is 1. The van der Waals surface area contributed by atoms with E-state index in [9.17, 15) is 18.8 Å². The first-order chi connectivity index (χ1) is 11.9. The molecule has 0 aliphatic heterocycles. The van der Waals surface area contributed by atoms with Crippen molar-refractivity contribution in [3.63, 3.8) is 0 Å². The molecule has 0 heterocycles. The summed E-state index contributed by atoms with van der Waals surface area (Å²) >= 11 is 5.76. The van der Waals surface area contributed by atoms with Gasteiger partial charge in [0, 0.05) is 16.9 Å². The summed E-state index contributed by atoms with van der Waals surface area (Å²) in [6.07, 6.45) is 3.68. The Morgan fingerprint density at radius 1 is 1.24 bits per heavy atom. The number of hydrogen-bond acceptors (Lipinski definition) is 4.